The molecule has 158 valence electrons. The monoisotopic (exact) mass is 446 g/mol. The van der Waals surface area contributed by atoms with Gasteiger partial charge < -0.3 is 10.2 Å². The first-order valence-corrected chi connectivity index (χ1v) is 12.2. The number of rotatable bonds is 4. The van der Waals surface area contributed by atoms with Crippen LogP contribution in [0.4, 0.5) is 20.2 Å². The highest BCUT2D eigenvalue weighted by molar-refractivity contribution is 8.00. The summed E-state index contributed by atoms with van der Waals surface area (Å²) >= 11 is 3.14. The van der Waals surface area contributed by atoms with Gasteiger partial charge in [0.2, 0.25) is 0 Å². The molecule has 5 rings (SSSR count). The molecule has 1 fully saturated rings. The topological polar surface area (TPSA) is 41.1 Å². The van der Waals surface area contributed by atoms with Crippen LogP contribution in [0.2, 0.25) is 0 Å². The first kappa shape index (κ1) is 20.2. The molecule has 1 aromatic carbocycles. The van der Waals surface area contributed by atoms with E-state index in [1.54, 1.807) is 23.3 Å². The Morgan fingerprint density at radius 2 is 2.10 bits per heavy atom. The van der Waals surface area contributed by atoms with E-state index in [4.69, 9.17) is 0 Å². The van der Waals surface area contributed by atoms with Gasteiger partial charge in [-0.25, -0.2) is 18.7 Å². The van der Waals surface area contributed by atoms with Gasteiger partial charge in [0.25, 0.3) is 0 Å². The number of benzene rings is 1. The van der Waals surface area contributed by atoms with Gasteiger partial charge >= 0.3 is 0 Å². The summed E-state index contributed by atoms with van der Waals surface area (Å²) in [6.45, 7) is 6.72. The number of likely N-dealkylation sites (tertiary alicyclic amines) is 1. The number of aromatic nitrogens is 2. The molecule has 0 spiro atoms. The third-order valence-electron chi connectivity index (χ3n) is 6.50. The van der Waals surface area contributed by atoms with Crippen LogP contribution in [0, 0.1) is 17.6 Å². The Labute approximate surface area is 183 Å². The largest absolute Gasteiger partial charge is 0.350 e. The lowest BCUT2D eigenvalue weighted by Crippen LogP contribution is -2.46. The number of hydrogen-bond donors (Lipinski definition) is 1. The van der Waals surface area contributed by atoms with E-state index >= 15 is 0 Å². The molecule has 0 saturated carbocycles. The minimum absolute atomic E-state index is 0.248. The first-order chi connectivity index (χ1) is 14.5. The maximum Gasteiger partial charge on any atom is 0.165 e. The van der Waals surface area contributed by atoms with Gasteiger partial charge in [-0.1, -0.05) is 6.92 Å². The number of pyridine rings is 1. The summed E-state index contributed by atoms with van der Waals surface area (Å²) in [4.78, 5) is 11.1. The molecule has 3 aromatic rings. The molecular formula is C22H24F2N4S2. The first-order valence-electron chi connectivity index (χ1n) is 10.4. The van der Waals surface area contributed by atoms with Gasteiger partial charge in [0.1, 0.15) is 10.8 Å². The minimum Gasteiger partial charge on any atom is -0.350 e. The van der Waals surface area contributed by atoms with Gasteiger partial charge in [-0.15, -0.1) is 23.1 Å². The molecule has 2 aromatic heterocycles. The van der Waals surface area contributed by atoms with Gasteiger partial charge in [-0.3, -0.25) is 0 Å². The summed E-state index contributed by atoms with van der Waals surface area (Å²) < 4.78 is 30.2. The molecule has 2 aliphatic rings. The lowest BCUT2D eigenvalue weighted by Gasteiger charge is -2.41. The predicted octanol–water partition coefficient (Wildman–Crippen LogP) is 5.85. The lowest BCUT2D eigenvalue weighted by atomic mass is 9.85. The number of halogens is 2. The van der Waals surface area contributed by atoms with E-state index in [0.29, 0.717) is 28.4 Å². The molecular weight excluding hydrogens is 422 g/mol. The van der Waals surface area contributed by atoms with Crippen LogP contribution in [0.15, 0.2) is 28.9 Å². The predicted molar refractivity (Wildman–Crippen MR) is 120 cm³/mol. The fourth-order valence-electron chi connectivity index (χ4n) is 4.86. The van der Waals surface area contributed by atoms with Gasteiger partial charge in [0.15, 0.2) is 5.82 Å². The van der Waals surface area contributed by atoms with Crippen LogP contribution in [0.3, 0.4) is 0 Å². The number of fused-ring (bicyclic) bond motifs is 2. The van der Waals surface area contributed by atoms with Crippen LogP contribution >= 0.6 is 23.1 Å². The molecule has 0 aliphatic carbocycles. The van der Waals surface area contributed by atoms with Crippen molar-refractivity contribution in [2.45, 2.75) is 49.4 Å². The second-order valence-corrected chi connectivity index (χ2v) is 10.2. The van der Waals surface area contributed by atoms with E-state index < -0.39 is 11.6 Å². The van der Waals surface area contributed by atoms with Crippen LogP contribution in [0.1, 0.15) is 32.3 Å². The molecule has 1 N–H and O–H groups in total. The van der Waals surface area contributed by atoms with E-state index in [-0.39, 0.29) is 5.69 Å². The third-order valence-corrected chi connectivity index (χ3v) is 8.69. The molecule has 0 amide bonds. The molecule has 30 heavy (non-hydrogen) atoms. The fraction of sp³-hybridized carbons (Fsp3) is 0.455. The number of piperidine rings is 1. The van der Waals surface area contributed by atoms with Crippen LogP contribution in [-0.2, 0) is 6.42 Å². The number of nitrogens with one attached hydrogen (secondary N) is 1. The molecule has 8 heteroatoms. The molecule has 1 unspecified atom stereocenters. The Balaban J connectivity index is 1.44. The third kappa shape index (κ3) is 3.48. The van der Waals surface area contributed by atoms with Crippen molar-refractivity contribution < 1.29 is 8.78 Å². The molecule has 4 heterocycles. The molecule has 0 bridgehead atoms. The highest BCUT2D eigenvalue weighted by Gasteiger charge is 2.38. The van der Waals surface area contributed by atoms with E-state index in [1.807, 2.05) is 0 Å². The van der Waals surface area contributed by atoms with Crippen molar-refractivity contribution in [1.29, 1.82) is 0 Å². The number of anilines is 2. The summed E-state index contributed by atoms with van der Waals surface area (Å²) in [5, 5.41) is 4.26. The average Bonchev–Trinajstić information content (AvgIpc) is 3.37. The highest BCUT2D eigenvalue weighted by atomic mass is 32.2. The van der Waals surface area contributed by atoms with Crippen molar-refractivity contribution in [2.75, 3.05) is 18.4 Å². The van der Waals surface area contributed by atoms with Crippen molar-refractivity contribution in [3.63, 3.8) is 0 Å². The van der Waals surface area contributed by atoms with Crippen molar-refractivity contribution in [2.24, 2.45) is 5.92 Å². The fourth-order valence-corrected chi connectivity index (χ4v) is 7.06. The van der Waals surface area contributed by atoms with Crippen molar-refractivity contribution in [3.8, 4) is 0 Å². The second-order valence-electron chi connectivity index (χ2n) is 8.08. The number of hydrogen-bond acceptors (Lipinski definition) is 6. The molecule has 2 aliphatic heterocycles. The lowest BCUT2D eigenvalue weighted by molar-refractivity contribution is 0.110. The zero-order chi connectivity index (χ0) is 20.8. The van der Waals surface area contributed by atoms with E-state index in [2.05, 4.69) is 34.0 Å². The minimum atomic E-state index is -0.445. The number of thioether (sulfide) groups is 1. The molecule has 1 saturated heterocycles. The summed E-state index contributed by atoms with van der Waals surface area (Å²) in [5.41, 5.74) is 3.85. The Bertz CT molecular complexity index is 1090. The maximum absolute atomic E-state index is 14.8. The second kappa shape index (κ2) is 8.05. The summed E-state index contributed by atoms with van der Waals surface area (Å²) in [7, 11) is 0. The molecule has 0 radical (unpaired) electrons. The standard InChI is InChI=1S/C22H24F2N4S2/c1-3-28-6-4-5-13(12(28)2)19-7-14-21(16(24)10-25-22(14)30-19)27-17-9-18-20(8-15(17)23)29-11-26-18/h8-13,19H,3-7H2,1-2H3,(H,25,27)/t12-,13+,19?/m0/s1. The van der Waals surface area contributed by atoms with Crippen molar-refractivity contribution >= 4 is 44.7 Å². The Morgan fingerprint density at radius 1 is 1.23 bits per heavy atom. The van der Waals surface area contributed by atoms with Gasteiger partial charge in [0, 0.05) is 16.9 Å². The van der Waals surface area contributed by atoms with E-state index in [9.17, 15) is 8.78 Å². The van der Waals surface area contributed by atoms with Gasteiger partial charge in [-0.2, -0.15) is 0 Å². The van der Waals surface area contributed by atoms with Crippen LogP contribution < -0.4 is 5.32 Å². The molecule has 4 nitrogen and oxygen atoms in total. The van der Waals surface area contributed by atoms with Crippen LogP contribution in [0.25, 0.3) is 10.2 Å². The quantitative estimate of drug-likeness (QED) is 0.544. The Morgan fingerprint density at radius 3 is 2.93 bits per heavy atom. The van der Waals surface area contributed by atoms with Gasteiger partial charge in [0.05, 0.1) is 33.3 Å². The van der Waals surface area contributed by atoms with Crippen molar-refractivity contribution in [1.82, 2.24) is 14.9 Å². The van der Waals surface area contributed by atoms with Crippen LogP contribution in [0.5, 0.6) is 0 Å². The van der Waals surface area contributed by atoms with Gasteiger partial charge in [-0.05, 0) is 57.3 Å². The number of thiazole rings is 1. The zero-order valence-electron chi connectivity index (χ0n) is 17.0. The van der Waals surface area contributed by atoms with E-state index in [0.717, 1.165) is 34.8 Å². The van der Waals surface area contributed by atoms with E-state index in [1.165, 1.54) is 36.4 Å². The Kier molecular flexibility index (Phi) is 5.41. The zero-order valence-corrected chi connectivity index (χ0v) is 18.6. The average molecular weight is 447 g/mol. The van der Waals surface area contributed by atoms with Crippen molar-refractivity contribution in [3.05, 3.63) is 41.0 Å². The van der Waals surface area contributed by atoms with Crippen LogP contribution in [-0.4, -0.2) is 39.2 Å². The Hall–Kier alpha value is -1.77. The maximum atomic E-state index is 14.8. The highest BCUT2D eigenvalue weighted by Crippen LogP contribution is 2.47. The SMILES string of the molecule is CCN1CCC[C@@H](C2Cc3c(ncc(F)c3Nc3cc4ncsc4cc3F)S2)[C@@H]1C. The summed E-state index contributed by atoms with van der Waals surface area (Å²) in [6.07, 6.45) is 4.38. The normalized spacial score (nSPS) is 24.3. The smallest absolute Gasteiger partial charge is 0.165 e. The number of nitrogens with zero attached hydrogens (tertiary/aromatic N) is 3. The summed E-state index contributed by atoms with van der Waals surface area (Å²) in [6, 6.07) is 3.60. The molecule has 3 atom stereocenters. The summed E-state index contributed by atoms with van der Waals surface area (Å²) in [5.74, 6) is -0.310.